The molecule has 1 heterocycles. The van der Waals surface area contributed by atoms with Gasteiger partial charge < -0.3 is 4.84 Å². The van der Waals surface area contributed by atoms with Gasteiger partial charge in [-0.05, 0) is 66.9 Å². The van der Waals surface area contributed by atoms with Crippen LogP contribution in [0, 0.1) is 0 Å². The summed E-state index contributed by atoms with van der Waals surface area (Å²) in [6.07, 6.45) is 6.39. The number of carbonyl (C=O) groups excluding carboxylic acids is 2. The standard InChI is InChI=1S/C25H22N2O3S/c1-3-4-7-24(27-30-18(2)28)19-8-12-22(13-9-19)31-23-14-10-20(11-15-23)25(29)21-6-5-16-26-17-21/h3,5-6,8-17H,1,4,7H2,2H3. The Morgan fingerprint density at radius 2 is 1.65 bits per heavy atom. The number of hydrogen-bond acceptors (Lipinski definition) is 6. The lowest BCUT2D eigenvalue weighted by Gasteiger charge is -2.07. The van der Waals surface area contributed by atoms with E-state index in [1.54, 1.807) is 42.4 Å². The third kappa shape index (κ3) is 6.49. The van der Waals surface area contributed by atoms with Crippen LogP contribution in [0.4, 0.5) is 0 Å². The fourth-order valence-electron chi connectivity index (χ4n) is 2.79. The molecule has 5 nitrogen and oxygen atoms in total. The van der Waals surface area contributed by atoms with E-state index in [2.05, 4.69) is 16.7 Å². The molecule has 0 aliphatic carbocycles. The highest BCUT2D eigenvalue weighted by molar-refractivity contribution is 7.99. The van der Waals surface area contributed by atoms with Crippen LogP contribution in [0.3, 0.4) is 0 Å². The first-order valence-corrected chi connectivity index (χ1v) is 10.6. The van der Waals surface area contributed by atoms with Crippen LogP contribution in [-0.2, 0) is 9.63 Å². The summed E-state index contributed by atoms with van der Waals surface area (Å²) >= 11 is 1.60. The molecule has 0 aliphatic heterocycles. The van der Waals surface area contributed by atoms with Crippen molar-refractivity contribution in [1.82, 2.24) is 4.98 Å². The number of hydrogen-bond donors (Lipinski definition) is 0. The van der Waals surface area contributed by atoms with E-state index < -0.39 is 5.97 Å². The highest BCUT2D eigenvalue weighted by Gasteiger charge is 2.10. The van der Waals surface area contributed by atoms with E-state index in [4.69, 9.17) is 4.84 Å². The van der Waals surface area contributed by atoms with Crippen LogP contribution < -0.4 is 0 Å². The zero-order chi connectivity index (χ0) is 22.1. The minimum absolute atomic E-state index is 0.0480. The molecule has 0 N–H and O–H groups in total. The largest absolute Gasteiger partial charge is 0.331 e. The van der Waals surface area contributed by atoms with Gasteiger partial charge >= 0.3 is 5.97 Å². The third-order valence-corrected chi connectivity index (χ3v) is 5.35. The summed E-state index contributed by atoms with van der Waals surface area (Å²) in [6, 6.07) is 18.9. The Labute approximate surface area is 185 Å². The summed E-state index contributed by atoms with van der Waals surface area (Å²) in [4.78, 5) is 34.5. The second-order valence-electron chi connectivity index (χ2n) is 6.67. The molecule has 0 radical (unpaired) electrons. The summed E-state index contributed by atoms with van der Waals surface area (Å²) in [5.74, 6) is -0.498. The highest BCUT2D eigenvalue weighted by atomic mass is 32.2. The Bertz CT molecular complexity index is 1080. The smallest absolute Gasteiger partial charge is 0.318 e. The Hall–Kier alpha value is -3.51. The van der Waals surface area contributed by atoms with Crippen molar-refractivity contribution in [2.24, 2.45) is 5.16 Å². The molecule has 3 rings (SSSR count). The Morgan fingerprint density at radius 1 is 1.00 bits per heavy atom. The number of nitrogens with zero attached hydrogens (tertiary/aromatic N) is 2. The summed E-state index contributed by atoms with van der Waals surface area (Å²) in [5, 5.41) is 3.97. The molecule has 0 unspecified atom stereocenters. The topological polar surface area (TPSA) is 68.6 Å². The van der Waals surface area contributed by atoms with Gasteiger partial charge in [0.15, 0.2) is 5.78 Å². The first-order valence-electron chi connectivity index (χ1n) is 9.75. The monoisotopic (exact) mass is 430 g/mol. The van der Waals surface area contributed by atoms with Gasteiger partial charge in [-0.3, -0.25) is 9.78 Å². The molecule has 3 aromatic rings. The molecule has 0 aliphatic rings. The second kappa shape index (κ2) is 11.0. The van der Waals surface area contributed by atoms with Crippen molar-refractivity contribution in [2.45, 2.75) is 29.6 Å². The van der Waals surface area contributed by atoms with Gasteiger partial charge in [-0.1, -0.05) is 35.1 Å². The maximum Gasteiger partial charge on any atom is 0.331 e. The van der Waals surface area contributed by atoms with Gasteiger partial charge in [-0.25, -0.2) is 4.79 Å². The average molecular weight is 431 g/mol. The molecule has 2 aromatic carbocycles. The van der Waals surface area contributed by atoms with Gasteiger partial charge in [0.1, 0.15) is 0 Å². The highest BCUT2D eigenvalue weighted by Crippen LogP contribution is 2.28. The fraction of sp³-hybridized carbons (Fsp3) is 0.120. The van der Waals surface area contributed by atoms with E-state index in [1.165, 1.54) is 6.92 Å². The van der Waals surface area contributed by atoms with Crippen molar-refractivity contribution in [1.29, 1.82) is 0 Å². The molecular weight excluding hydrogens is 408 g/mol. The molecule has 0 fully saturated rings. The van der Waals surface area contributed by atoms with Crippen molar-refractivity contribution in [2.75, 3.05) is 0 Å². The Balaban J connectivity index is 1.69. The molecule has 156 valence electrons. The van der Waals surface area contributed by atoms with Gasteiger partial charge in [-0.2, -0.15) is 0 Å². The Kier molecular flexibility index (Phi) is 7.90. The van der Waals surface area contributed by atoms with Crippen LogP contribution >= 0.6 is 11.8 Å². The fourth-order valence-corrected chi connectivity index (χ4v) is 3.61. The molecule has 6 heteroatoms. The van der Waals surface area contributed by atoms with E-state index >= 15 is 0 Å². The van der Waals surface area contributed by atoms with Crippen LogP contribution in [-0.4, -0.2) is 22.4 Å². The molecule has 31 heavy (non-hydrogen) atoms. The molecule has 0 atom stereocenters. The number of allylic oxidation sites excluding steroid dienone is 1. The van der Waals surface area contributed by atoms with Gasteiger partial charge in [0.2, 0.25) is 0 Å². The number of aromatic nitrogens is 1. The van der Waals surface area contributed by atoms with Crippen LogP contribution in [0.15, 0.2) is 101 Å². The lowest BCUT2D eigenvalue weighted by atomic mass is 10.1. The SMILES string of the molecule is C=CCCC(=NOC(C)=O)c1ccc(Sc2ccc(C(=O)c3cccnc3)cc2)cc1. The van der Waals surface area contributed by atoms with E-state index in [0.717, 1.165) is 21.8 Å². The molecule has 0 bridgehead atoms. The second-order valence-corrected chi connectivity index (χ2v) is 7.82. The van der Waals surface area contributed by atoms with E-state index in [1.807, 2.05) is 48.5 Å². The predicted molar refractivity (Wildman–Crippen MR) is 122 cm³/mol. The lowest BCUT2D eigenvalue weighted by Crippen LogP contribution is -2.03. The molecule has 1 aromatic heterocycles. The molecule has 0 saturated carbocycles. The summed E-state index contributed by atoms with van der Waals surface area (Å²) in [7, 11) is 0. The number of benzene rings is 2. The first kappa shape index (κ1) is 22.2. The zero-order valence-electron chi connectivity index (χ0n) is 17.2. The summed E-state index contributed by atoms with van der Waals surface area (Å²) < 4.78 is 0. The maximum absolute atomic E-state index is 12.5. The van der Waals surface area contributed by atoms with Crippen molar-refractivity contribution >= 4 is 29.2 Å². The molecule has 0 amide bonds. The number of pyridine rings is 1. The van der Waals surface area contributed by atoms with E-state index in [0.29, 0.717) is 23.3 Å². The number of oxime groups is 1. The predicted octanol–water partition coefficient (Wildman–Crippen LogP) is 5.70. The normalized spacial score (nSPS) is 11.1. The number of ketones is 1. The van der Waals surface area contributed by atoms with E-state index in [9.17, 15) is 9.59 Å². The minimum Gasteiger partial charge on any atom is -0.318 e. The summed E-state index contributed by atoms with van der Waals surface area (Å²) in [5.41, 5.74) is 2.79. The zero-order valence-corrected chi connectivity index (χ0v) is 18.0. The van der Waals surface area contributed by atoms with Gasteiger partial charge in [0, 0.05) is 40.2 Å². The van der Waals surface area contributed by atoms with Crippen molar-refractivity contribution < 1.29 is 14.4 Å². The Morgan fingerprint density at radius 3 is 2.19 bits per heavy atom. The van der Waals surface area contributed by atoms with Gasteiger partial charge in [0.25, 0.3) is 0 Å². The number of rotatable bonds is 9. The van der Waals surface area contributed by atoms with Gasteiger partial charge in [-0.15, -0.1) is 6.58 Å². The summed E-state index contributed by atoms with van der Waals surface area (Å²) in [6.45, 7) is 5.05. The third-order valence-electron chi connectivity index (χ3n) is 4.33. The van der Waals surface area contributed by atoms with Crippen molar-refractivity contribution in [3.8, 4) is 0 Å². The van der Waals surface area contributed by atoms with E-state index in [-0.39, 0.29) is 5.78 Å². The van der Waals surface area contributed by atoms with Crippen LogP contribution in [0.25, 0.3) is 0 Å². The number of carbonyl (C=O) groups is 2. The maximum atomic E-state index is 12.5. The van der Waals surface area contributed by atoms with Crippen molar-refractivity contribution in [3.05, 3.63) is 102 Å². The molecular formula is C25H22N2O3S. The van der Waals surface area contributed by atoms with Gasteiger partial charge in [0.05, 0.1) is 5.71 Å². The lowest BCUT2D eigenvalue weighted by molar-refractivity contribution is -0.140. The minimum atomic E-state index is -0.450. The molecule has 0 spiro atoms. The van der Waals surface area contributed by atoms with Crippen LogP contribution in [0.1, 0.15) is 41.3 Å². The van der Waals surface area contributed by atoms with Crippen molar-refractivity contribution in [3.63, 3.8) is 0 Å². The first-order chi connectivity index (χ1) is 15.1. The average Bonchev–Trinajstić information content (AvgIpc) is 2.80. The quantitative estimate of drug-likeness (QED) is 0.143. The molecule has 0 saturated heterocycles. The van der Waals surface area contributed by atoms with Crippen LogP contribution in [0.5, 0.6) is 0 Å². The van der Waals surface area contributed by atoms with Crippen LogP contribution in [0.2, 0.25) is 0 Å².